The van der Waals surface area contributed by atoms with Crippen LogP contribution in [0.5, 0.6) is 0 Å². The molecule has 9 amide bonds. The number of nitrogens with two attached hydrogens (primary N) is 4. The molecule has 11 atom stereocenters. The Labute approximate surface area is 457 Å². The molecule has 1 heterocycles. The Kier molecular flexibility index (Phi) is 27.2. The number of nitrogens with zero attached hydrogens (tertiary/aromatic N) is 3. The van der Waals surface area contributed by atoms with E-state index >= 15 is 0 Å². The number of aromatic amines is 1. The molecule has 1 aromatic carbocycles. The molecule has 29 heteroatoms. The number of aliphatic hydroxyl groups excluding tert-OH is 2. The van der Waals surface area contributed by atoms with Crippen molar-refractivity contribution in [1.29, 1.82) is 0 Å². The van der Waals surface area contributed by atoms with Gasteiger partial charge in [-0.2, -0.15) is 0 Å². The minimum atomic E-state index is -1.83. The number of carboxylic acids is 1. The number of carbonyl (C=O) groups excluding carboxylic acids is 9. The number of carbonyl (C=O) groups is 10. The number of aromatic nitrogens is 2. The van der Waals surface area contributed by atoms with Crippen molar-refractivity contribution in [2.45, 2.75) is 159 Å². The van der Waals surface area contributed by atoms with E-state index in [1.165, 1.54) is 24.3 Å². The SMILES string of the molecule is CCC(C)[C@H](NC(=O)[C@H](CCCN)NC(=O)CNC(=O)[C@@H](NC(=O)[C@@H](NC(=O)[C@H](Cc1cnc[nH]1)NC(=O)[C@@H](Cc1ccccc1)NC(=O)[C@H](C)NC(=O)[C@@H](N)CCCN=C(N)N)[C@@H](C)O)[C@@H](C)O)C(=O)N(CC(=O)O)C1CC1. The largest absolute Gasteiger partial charge is 0.480 e. The van der Waals surface area contributed by atoms with E-state index in [1.807, 2.05) is 0 Å². The number of amides is 9. The third-order valence-electron chi connectivity index (χ3n) is 12.8. The van der Waals surface area contributed by atoms with Crippen LogP contribution in [0.25, 0.3) is 0 Å². The van der Waals surface area contributed by atoms with Crippen LogP contribution < -0.4 is 65.5 Å². The first-order valence-electron chi connectivity index (χ1n) is 26.2. The van der Waals surface area contributed by atoms with Crippen LogP contribution in [0.1, 0.15) is 90.8 Å². The van der Waals surface area contributed by atoms with Gasteiger partial charge in [0.1, 0.15) is 48.8 Å². The summed E-state index contributed by atoms with van der Waals surface area (Å²) in [5.74, 6) is -9.57. The molecular weight excluding hydrogens is 1030 g/mol. The zero-order valence-corrected chi connectivity index (χ0v) is 45.2. The Balaban J connectivity index is 1.75. The van der Waals surface area contributed by atoms with Crippen molar-refractivity contribution in [3.05, 3.63) is 54.1 Å². The second kappa shape index (κ2) is 32.9. The molecule has 0 aliphatic heterocycles. The van der Waals surface area contributed by atoms with Crippen molar-refractivity contribution < 1.29 is 63.3 Å². The summed E-state index contributed by atoms with van der Waals surface area (Å²) in [6.07, 6.45) is 1.55. The first-order chi connectivity index (χ1) is 37.4. The van der Waals surface area contributed by atoms with Gasteiger partial charge in [-0.1, -0.05) is 50.6 Å². The van der Waals surface area contributed by atoms with Gasteiger partial charge in [-0.05, 0) is 77.3 Å². The van der Waals surface area contributed by atoms with E-state index in [0.29, 0.717) is 36.9 Å². The van der Waals surface area contributed by atoms with Crippen LogP contribution in [0.4, 0.5) is 0 Å². The molecule has 2 aromatic rings. The van der Waals surface area contributed by atoms with Crippen molar-refractivity contribution in [3.63, 3.8) is 0 Å². The van der Waals surface area contributed by atoms with Crippen molar-refractivity contribution >= 4 is 65.1 Å². The second-order valence-electron chi connectivity index (χ2n) is 19.6. The smallest absolute Gasteiger partial charge is 0.323 e. The third kappa shape index (κ3) is 22.6. The number of hydrogen-bond donors (Lipinski definition) is 16. The van der Waals surface area contributed by atoms with Gasteiger partial charge >= 0.3 is 5.97 Å². The predicted molar refractivity (Wildman–Crippen MR) is 286 cm³/mol. The molecule has 1 aliphatic carbocycles. The summed E-state index contributed by atoms with van der Waals surface area (Å²) in [6.45, 7) is 6.21. The summed E-state index contributed by atoms with van der Waals surface area (Å²) >= 11 is 0. The standard InChI is InChI=1S/C50H80N16O13/c1-6-26(2)39(49(79)66(24-38(70)71)32-16-17-32)63-44(74)34(15-10-18-51)60-37(69)23-57-47(77)40(28(4)67)65-48(78)41(29(5)68)64-46(76)36(21-31-22-55-25-58-31)62-45(75)35(20-30-12-8-7-9-13-30)61-42(72)27(3)59-43(73)33(52)14-11-19-56-50(53)54/h7-9,12-13,22,25-29,32-36,39-41,67-68H,6,10-11,14-21,23-24,51-52H2,1-5H3,(H,55,58)(H,57,77)(H,59,73)(H,60,69)(H,61,72)(H,62,75)(H,63,74)(H,64,76)(H,65,78)(H,70,71)(H4,53,54,56)/t26?,27-,28+,29+,33-,34-,35+,36-,39-,40-,41-/m0/s1. The summed E-state index contributed by atoms with van der Waals surface area (Å²) in [7, 11) is 0. The topological polar surface area (TPSA) is 476 Å². The van der Waals surface area contributed by atoms with Gasteiger partial charge in [0.2, 0.25) is 53.2 Å². The zero-order valence-electron chi connectivity index (χ0n) is 45.2. The number of benzene rings is 1. The van der Waals surface area contributed by atoms with Crippen molar-refractivity contribution in [1.82, 2.24) is 57.4 Å². The number of rotatable bonds is 35. The monoisotopic (exact) mass is 1110 g/mol. The predicted octanol–water partition coefficient (Wildman–Crippen LogP) is -5.27. The molecular formula is C50H80N16O13. The Bertz CT molecular complexity index is 2380. The minimum Gasteiger partial charge on any atom is -0.480 e. The number of aliphatic carboxylic acids is 1. The fourth-order valence-electron chi connectivity index (χ4n) is 7.95. The highest BCUT2D eigenvalue weighted by atomic mass is 16.4. The van der Waals surface area contributed by atoms with Crippen LogP contribution in [-0.4, -0.2) is 188 Å². The molecule has 0 saturated heterocycles. The lowest BCUT2D eigenvalue weighted by molar-refractivity contribution is -0.147. The van der Waals surface area contributed by atoms with E-state index in [1.54, 1.807) is 44.2 Å². The number of H-pyrrole nitrogens is 1. The Morgan fingerprint density at radius 3 is 1.87 bits per heavy atom. The number of aliphatic hydroxyl groups is 2. The highest BCUT2D eigenvalue weighted by Crippen LogP contribution is 2.28. The molecule has 1 saturated carbocycles. The number of nitrogens with one attached hydrogen (secondary N) is 9. The molecule has 3 rings (SSSR count). The van der Waals surface area contributed by atoms with E-state index in [9.17, 15) is 63.3 Å². The van der Waals surface area contributed by atoms with Crippen LogP contribution in [-0.2, 0) is 60.8 Å². The summed E-state index contributed by atoms with van der Waals surface area (Å²) in [6, 6.07) is -2.81. The first kappa shape index (κ1) is 65.5. The zero-order chi connectivity index (χ0) is 58.9. The number of aliphatic imine (C=N–C) groups is 1. The molecule has 29 nitrogen and oxygen atoms in total. The van der Waals surface area contributed by atoms with Gasteiger partial charge in [-0.25, -0.2) is 4.98 Å². The van der Waals surface area contributed by atoms with Crippen LogP contribution in [0.3, 0.4) is 0 Å². The molecule has 0 spiro atoms. The van der Waals surface area contributed by atoms with Crippen LogP contribution in [0, 0.1) is 5.92 Å². The van der Waals surface area contributed by atoms with E-state index in [-0.39, 0.29) is 57.2 Å². The maximum absolute atomic E-state index is 14.2. The maximum Gasteiger partial charge on any atom is 0.323 e. The lowest BCUT2D eigenvalue weighted by atomic mass is 9.96. The van der Waals surface area contributed by atoms with Crippen LogP contribution >= 0.6 is 0 Å². The molecule has 0 radical (unpaired) electrons. The fraction of sp³-hybridized carbons (Fsp3) is 0.600. The number of carboxylic acid groups (broad SMARTS) is 1. The minimum absolute atomic E-state index is 0.0167. The molecule has 1 aliphatic rings. The quantitative estimate of drug-likeness (QED) is 0.0174. The van der Waals surface area contributed by atoms with Gasteiger partial charge in [-0.3, -0.25) is 52.9 Å². The summed E-state index contributed by atoms with van der Waals surface area (Å²) in [4.78, 5) is 146. The van der Waals surface area contributed by atoms with Crippen molar-refractivity contribution in [2.24, 2.45) is 33.8 Å². The number of imidazole rings is 1. The van der Waals surface area contributed by atoms with Crippen molar-refractivity contribution in [3.8, 4) is 0 Å². The van der Waals surface area contributed by atoms with Crippen LogP contribution in [0.15, 0.2) is 47.8 Å². The lowest BCUT2D eigenvalue weighted by Gasteiger charge is -2.31. The van der Waals surface area contributed by atoms with Crippen LogP contribution in [0.2, 0.25) is 0 Å². The molecule has 1 unspecified atom stereocenters. The molecule has 1 fully saturated rings. The average molecular weight is 1110 g/mol. The summed E-state index contributed by atoms with van der Waals surface area (Å²) < 4.78 is 0. The lowest BCUT2D eigenvalue weighted by Crippen LogP contribution is -2.63. The maximum atomic E-state index is 14.2. The molecule has 438 valence electrons. The van der Waals surface area contributed by atoms with Crippen molar-refractivity contribution in [2.75, 3.05) is 26.2 Å². The van der Waals surface area contributed by atoms with Gasteiger partial charge in [0.05, 0.1) is 31.1 Å². The van der Waals surface area contributed by atoms with Gasteiger partial charge in [-0.15, -0.1) is 0 Å². The van der Waals surface area contributed by atoms with Gasteiger partial charge in [0.25, 0.3) is 0 Å². The highest BCUT2D eigenvalue weighted by Gasteiger charge is 2.40. The molecule has 1 aromatic heterocycles. The van der Waals surface area contributed by atoms with Gasteiger partial charge < -0.3 is 90.7 Å². The Morgan fingerprint density at radius 1 is 0.722 bits per heavy atom. The van der Waals surface area contributed by atoms with Gasteiger partial charge in [0.15, 0.2) is 5.96 Å². The van der Waals surface area contributed by atoms with E-state index in [2.05, 4.69) is 57.5 Å². The normalized spacial score (nSPS) is 16.2. The Morgan fingerprint density at radius 2 is 1.30 bits per heavy atom. The summed E-state index contributed by atoms with van der Waals surface area (Å²) in [5, 5.41) is 50.8. The number of guanidine groups is 1. The van der Waals surface area contributed by atoms with E-state index < -0.39 is 139 Å². The van der Waals surface area contributed by atoms with Gasteiger partial charge in [0, 0.05) is 37.3 Å². The Hall–Kier alpha value is -7.76. The average Bonchev–Trinajstić information content (AvgIpc) is 4.12. The van der Waals surface area contributed by atoms with E-state index in [0.717, 1.165) is 13.8 Å². The molecule has 79 heavy (non-hydrogen) atoms. The molecule has 0 bridgehead atoms. The second-order valence-corrected chi connectivity index (χ2v) is 19.6. The first-order valence-corrected chi connectivity index (χ1v) is 26.2. The number of hydrogen-bond acceptors (Lipinski definition) is 16. The molecule has 20 N–H and O–H groups in total. The fourth-order valence-corrected chi connectivity index (χ4v) is 7.95. The third-order valence-corrected chi connectivity index (χ3v) is 12.8. The highest BCUT2D eigenvalue weighted by molar-refractivity contribution is 5.98. The summed E-state index contributed by atoms with van der Waals surface area (Å²) in [5.41, 5.74) is 23.3. The van der Waals surface area contributed by atoms with E-state index in [4.69, 9.17) is 22.9 Å².